The van der Waals surface area contributed by atoms with Gasteiger partial charge in [-0.15, -0.1) is 0 Å². The molecule has 1 fully saturated rings. The van der Waals surface area contributed by atoms with Gasteiger partial charge >= 0.3 is 0 Å². The number of primary sulfonamides is 1. The second kappa shape index (κ2) is 8.62. The van der Waals surface area contributed by atoms with Gasteiger partial charge in [-0.05, 0) is 31.0 Å². The fourth-order valence-electron chi connectivity index (χ4n) is 3.22. The van der Waals surface area contributed by atoms with E-state index in [1.54, 1.807) is 6.07 Å². The van der Waals surface area contributed by atoms with Crippen molar-refractivity contribution < 1.29 is 21.6 Å². The highest BCUT2D eigenvalue weighted by Gasteiger charge is 2.29. The van der Waals surface area contributed by atoms with Gasteiger partial charge in [-0.3, -0.25) is 4.79 Å². The number of sulfone groups is 1. The molecule has 2 aromatic rings. The summed E-state index contributed by atoms with van der Waals surface area (Å²) in [4.78, 5) is 16.7. The smallest absolute Gasteiger partial charge is 0.238 e. The Labute approximate surface area is 174 Å². The number of amides is 1. The van der Waals surface area contributed by atoms with Crippen molar-refractivity contribution in [3.63, 3.8) is 0 Å². The third-order valence-corrected chi connectivity index (χ3v) is 8.33. The number of nitrogens with zero attached hydrogens (tertiary/aromatic N) is 2. The standard InChI is InChI=1S/C17H24N4O5S3/c1-2-3-7-21-15-5-4-13(29(18,25)26)9-14(15)20-17(21)27-10-16(22)19-12-6-8-28(23,24)11-12/h4-5,9,12H,2-3,6-8,10-11H2,1H3,(H,19,22)(H2,18,25,26)/t12-/m0/s1. The zero-order chi connectivity index (χ0) is 21.2. The molecule has 2 heterocycles. The summed E-state index contributed by atoms with van der Waals surface area (Å²) < 4.78 is 48.2. The number of rotatable bonds is 8. The number of unbranched alkanes of at least 4 members (excludes halogenated alkanes) is 1. The molecular weight excluding hydrogens is 436 g/mol. The second-order valence-electron chi connectivity index (χ2n) is 7.05. The highest BCUT2D eigenvalue weighted by molar-refractivity contribution is 7.99. The summed E-state index contributed by atoms with van der Waals surface area (Å²) in [7, 11) is -6.89. The summed E-state index contributed by atoms with van der Waals surface area (Å²) in [6, 6.07) is 4.21. The molecule has 29 heavy (non-hydrogen) atoms. The molecule has 1 aromatic carbocycles. The van der Waals surface area contributed by atoms with E-state index in [0.717, 1.165) is 18.4 Å². The quantitative estimate of drug-likeness (QED) is 0.557. The van der Waals surface area contributed by atoms with Crippen molar-refractivity contribution in [2.45, 2.75) is 48.8 Å². The third kappa shape index (κ3) is 5.50. The van der Waals surface area contributed by atoms with Crippen LogP contribution in [0.4, 0.5) is 0 Å². The van der Waals surface area contributed by atoms with Crippen molar-refractivity contribution in [1.82, 2.24) is 14.9 Å². The molecule has 0 spiro atoms. The minimum Gasteiger partial charge on any atom is -0.352 e. The Hall–Kier alpha value is -1.63. The van der Waals surface area contributed by atoms with E-state index >= 15 is 0 Å². The van der Waals surface area contributed by atoms with Gasteiger partial charge in [0.1, 0.15) is 0 Å². The summed E-state index contributed by atoms with van der Waals surface area (Å²) in [5.74, 6) is -0.0796. The van der Waals surface area contributed by atoms with Gasteiger partial charge in [-0.2, -0.15) is 0 Å². The van der Waals surface area contributed by atoms with Crippen LogP contribution in [0.25, 0.3) is 11.0 Å². The van der Waals surface area contributed by atoms with E-state index in [0.29, 0.717) is 23.6 Å². The number of thioether (sulfide) groups is 1. The fraction of sp³-hybridized carbons (Fsp3) is 0.529. The number of carbonyl (C=O) groups is 1. The maximum atomic E-state index is 12.2. The molecule has 1 saturated heterocycles. The van der Waals surface area contributed by atoms with Crippen LogP contribution in [0.2, 0.25) is 0 Å². The molecule has 1 aliphatic rings. The number of hydrogen-bond donors (Lipinski definition) is 2. The number of imidazole rings is 1. The zero-order valence-corrected chi connectivity index (χ0v) is 18.4. The van der Waals surface area contributed by atoms with Crippen LogP contribution in [-0.2, 0) is 31.2 Å². The number of nitrogens with one attached hydrogen (secondary N) is 1. The molecule has 3 rings (SSSR count). The predicted molar refractivity (Wildman–Crippen MR) is 112 cm³/mol. The highest BCUT2D eigenvalue weighted by atomic mass is 32.2. The van der Waals surface area contributed by atoms with Crippen LogP contribution in [0.1, 0.15) is 26.2 Å². The Bertz CT molecular complexity index is 1130. The van der Waals surface area contributed by atoms with Crippen LogP contribution in [0.5, 0.6) is 0 Å². The maximum absolute atomic E-state index is 12.2. The average Bonchev–Trinajstić information content (AvgIpc) is 3.15. The molecule has 0 radical (unpaired) electrons. The SMILES string of the molecule is CCCCn1c(SCC(=O)N[C@H]2CCS(=O)(=O)C2)nc2cc(S(N)(=O)=O)ccc21. The van der Waals surface area contributed by atoms with Crippen LogP contribution in [0.3, 0.4) is 0 Å². The van der Waals surface area contributed by atoms with Crippen LogP contribution >= 0.6 is 11.8 Å². The Kier molecular flexibility index (Phi) is 6.56. The average molecular weight is 461 g/mol. The maximum Gasteiger partial charge on any atom is 0.238 e. The minimum absolute atomic E-state index is 0.0122. The summed E-state index contributed by atoms with van der Waals surface area (Å²) in [6.07, 6.45) is 2.31. The molecule has 3 N–H and O–H groups in total. The van der Waals surface area contributed by atoms with E-state index in [2.05, 4.69) is 17.2 Å². The molecule has 1 aromatic heterocycles. The van der Waals surface area contributed by atoms with Crippen LogP contribution in [0, 0.1) is 0 Å². The number of benzene rings is 1. The van der Waals surface area contributed by atoms with E-state index in [4.69, 9.17) is 5.14 Å². The van der Waals surface area contributed by atoms with Gasteiger partial charge in [-0.1, -0.05) is 25.1 Å². The minimum atomic E-state index is -3.83. The topological polar surface area (TPSA) is 141 Å². The van der Waals surface area contributed by atoms with Gasteiger partial charge in [-0.25, -0.2) is 27.0 Å². The lowest BCUT2D eigenvalue weighted by Crippen LogP contribution is -2.36. The molecule has 1 aliphatic heterocycles. The van der Waals surface area contributed by atoms with Crippen LogP contribution in [0.15, 0.2) is 28.3 Å². The van der Waals surface area contributed by atoms with Crippen molar-refractivity contribution in [3.8, 4) is 0 Å². The van der Waals surface area contributed by atoms with Crippen molar-refractivity contribution in [1.29, 1.82) is 0 Å². The Morgan fingerprint density at radius 2 is 2.17 bits per heavy atom. The highest BCUT2D eigenvalue weighted by Crippen LogP contribution is 2.26. The second-order valence-corrected chi connectivity index (χ2v) is 11.8. The first kappa shape index (κ1) is 22.1. The van der Waals surface area contributed by atoms with Gasteiger partial charge in [0.05, 0.1) is 33.2 Å². The molecular formula is C17H24N4O5S3. The van der Waals surface area contributed by atoms with Crippen LogP contribution in [-0.4, -0.2) is 55.6 Å². The third-order valence-electron chi connectivity index (χ3n) is 4.68. The zero-order valence-electron chi connectivity index (χ0n) is 16.0. The van der Waals surface area contributed by atoms with Gasteiger partial charge in [0.2, 0.25) is 15.9 Å². The van der Waals surface area contributed by atoms with E-state index in [1.807, 2.05) is 4.57 Å². The lowest BCUT2D eigenvalue weighted by Gasteiger charge is -2.11. The molecule has 1 amide bonds. The van der Waals surface area contributed by atoms with Crippen molar-refractivity contribution in [3.05, 3.63) is 18.2 Å². The first-order chi connectivity index (χ1) is 13.6. The lowest BCUT2D eigenvalue weighted by atomic mass is 10.3. The normalized spacial score (nSPS) is 18.9. The summed E-state index contributed by atoms with van der Waals surface area (Å²) in [5.41, 5.74) is 1.27. The number of fused-ring (bicyclic) bond motifs is 1. The Morgan fingerprint density at radius 1 is 1.41 bits per heavy atom. The van der Waals surface area contributed by atoms with E-state index in [-0.39, 0.29) is 34.1 Å². The fourth-order valence-corrected chi connectivity index (χ4v) is 6.27. The van der Waals surface area contributed by atoms with Gasteiger partial charge in [0, 0.05) is 12.6 Å². The first-order valence-electron chi connectivity index (χ1n) is 9.25. The molecule has 0 saturated carbocycles. The number of aromatic nitrogens is 2. The molecule has 0 unspecified atom stereocenters. The molecule has 9 nitrogen and oxygen atoms in total. The Morgan fingerprint density at radius 3 is 2.79 bits per heavy atom. The number of sulfonamides is 1. The number of nitrogens with two attached hydrogens (primary N) is 1. The first-order valence-corrected chi connectivity index (χ1v) is 13.6. The molecule has 160 valence electrons. The Balaban J connectivity index is 1.77. The predicted octanol–water partition coefficient (Wildman–Crippen LogP) is 0.879. The molecule has 0 bridgehead atoms. The number of hydrogen-bond acceptors (Lipinski definition) is 7. The summed E-state index contributed by atoms with van der Waals surface area (Å²) in [6.45, 7) is 2.75. The van der Waals surface area contributed by atoms with Gasteiger partial charge in [0.25, 0.3) is 0 Å². The molecule has 0 aliphatic carbocycles. The van der Waals surface area contributed by atoms with Crippen molar-refractivity contribution in [2.75, 3.05) is 17.3 Å². The lowest BCUT2D eigenvalue weighted by molar-refractivity contribution is -0.119. The summed E-state index contributed by atoms with van der Waals surface area (Å²) in [5, 5.41) is 8.57. The molecule has 1 atom stereocenters. The van der Waals surface area contributed by atoms with Gasteiger partial charge in [0.15, 0.2) is 15.0 Å². The molecule has 12 heteroatoms. The van der Waals surface area contributed by atoms with E-state index in [1.165, 1.54) is 23.9 Å². The van der Waals surface area contributed by atoms with E-state index in [9.17, 15) is 21.6 Å². The monoisotopic (exact) mass is 460 g/mol. The number of carbonyl (C=O) groups excluding carboxylic acids is 1. The van der Waals surface area contributed by atoms with Gasteiger partial charge < -0.3 is 9.88 Å². The summed E-state index contributed by atoms with van der Waals surface area (Å²) >= 11 is 1.24. The van der Waals surface area contributed by atoms with Crippen LogP contribution < -0.4 is 10.5 Å². The van der Waals surface area contributed by atoms with Crippen molar-refractivity contribution >= 4 is 48.6 Å². The largest absolute Gasteiger partial charge is 0.352 e. The van der Waals surface area contributed by atoms with Crippen molar-refractivity contribution in [2.24, 2.45) is 5.14 Å². The van der Waals surface area contributed by atoms with E-state index < -0.39 is 19.9 Å². The number of aryl methyl sites for hydroxylation is 1.